The second kappa shape index (κ2) is 7.18. The van der Waals surface area contributed by atoms with E-state index in [0.717, 1.165) is 15.9 Å². The predicted octanol–water partition coefficient (Wildman–Crippen LogP) is 3.10. The molecule has 0 aromatic carbocycles. The molecule has 0 unspecified atom stereocenters. The van der Waals surface area contributed by atoms with Crippen molar-refractivity contribution in [2.75, 3.05) is 6.54 Å². The van der Waals surface area contributed by atoms with Gasteiger partial charge in [-0.2, -0.15) is 0 Å². The summed E-state index contributed by atoms with van der Waals surface area (Å²) in [6.45, 7) is -0.474. The highest BCUT2D eigenvalue weighted by molar-refractivity contribution is 6.11. The maximum atomic E-state index is 13.5. The van der Waals surface area contributed by atoms with Gasteiger partial charge in [0, 0.05) is 42.4 Å². The van der Waals surface area contributed by atoms with Crippen LogP contribution < -0.4 is 5.32 Å². The Balaban J connectivity index is 1.31. The number of carbonyl (C=O) groups is 3. The molecule has 1 spiro atoms. The molecule has 1 aliphatic heterocycles. The molecule has 5 rings (SSSR count). The van der Waals surface area contributed by atoms with E-state index in [9.17, 15) is 23.2 Å². The number of amides is 3. The van der Waals surface area contributed by atoms with Crippen LogP contribution in [-0.4, -0.2) is 55.2 Å². The van der Waals surface area contributed by atoms with Gasteiger partial charge in [-0.15, -0.1) is 0 Å². The van der Waals surface area contributed by atoms with Crippen LogP contribution >= 0.6 is 0 Å². The number of ketones is 1. The fourth-order valence-electron chi connectivity index (χ4n) is 4.28. The second-order valence-electron chi connectivity index (χ2n) is 8.19. The topological polar surface area (TPSA) is 97.2 Å². The quantitative estimate of drug-likeness (QED) is 0.498. The van der Waals surface area contributed by atoms with Crippen molar-refractivity contribution in [3.05, 3.63) is 54.5 Å². The van der Waals surface area contributed by atoms with Crippen molar-refractivity contribution in [3.63, 3.8) is 0 Å². The lowest BCUT2D eigenvalue weighted by molar-refractivity contribution is -0.135. The summed E-state index contributed by atoms with van der Waals surface area (Å²) in [5, 5.41) is 3.48. The van der Waals surface area contributed by atoms with E-state index in [-0.39, 0.29) is 18.4 Å². The number of Topliss-reactive ketones (excluding diaryl/α,β-unsaturated/α-hetero) is 1. The van der Waals surface area contributed by atoms with Gasteiger partial charge in [-0.1, -0.05) is 0 Å². The van der Waals surface area contributed by atoms with E-state index in [2.05, 4.69) is 15.3 Å². The summed E-state index contributed by atoms with van der Waals surface area (Å²) in [5.74, 6) is -3.37. The number of nitrogens with zero attached hydrogens (tertiary/aromatic N) is 4. The van der Waals surface area contributed by atoms with Gasteiger partial charge in [-0.25, -0.2) is 23.5 Å². The number of rotatable bonds is 4. The normalized spacial score (nSPS) is 19.5. The van der Waals surface area contributed by atoms with E-state index in [1.165, 1.54) is 6.20 Å². The zero-order valence-corrected chi connectivity index (χ0v) is 16.9. The van der Waals surface area contributed by atoms with Gasteiger partial charge in [0.15, 0.2) is 5.78 Å². The number of imide groups is 1. The van der Waals surface area contributed by atoms with E-state index in [4.69, 9.17) is 0 Å². The number of fused-ring (bicyclic) bond motifs is 1. The smallest absolute Gasteiger partial charge is 0.323 e. The number of hydrogen-bond acceptors (Lipinski definition) is 5. The van der Waals surface area contributed by atoms with E-state index in [1.807, 2.05) is 24.4 Å². The molecule has 1 aliphatic carbocycles. The first-order valence-corrected chi connectivity index (χ1v) is 10.2. The molecule has 32 heavy (non-hydrogen) atoms. The first-order chi connectivity index (χ1) is 15.3. The standard InChI is InChI=1S/C22H19F2N5O3/c23-22(24)8-6-21(7-9-22)19(31)29(20(32)27-21)13-16(30)15-3-4-17(26-12-15)28-11-5-14-2-1-10-25-18(14)28/h1-5,10-12H,6-9,13H2,(H,27,32). The van der Waals surface area contributed by atoms with E-state index in [0.29, 0.717) is 5.82 Å². The summed E-state index contributed by atoms with van der Waals surface area (Å²) in [6.07, 6.45) is 3.62. The van der Waals surface area contributed by atoms with Crippen molar-refractivity contribution in [2.24, 2.45) is 0 Å². The number of carbonyl (C=O) groups excluding carboxylic acids is 3. The number of nitrogens with one attached hydrogen (secondary N) is 1. The molecule has 2 fully saturated rings. The highest BCUT2D eigenvalue weighted by Crippen LogP contribution is 2.41. The molecule has 8 nitrogen and oxygen atoms in total. The molecule has 0 atom stereocenters. The van der Waals surface area contributed by atoms with Gasteiger partial charge in [-0.3, -0.25) is 19.1 Å². The van der Waals surface area contributed by atoms with Gasteiger partial charge < -0.3 is 5.32 Å². The number of halogens is 2. The Morgan fingerprint density at radius 3 is 2.56 bits per heavy atom. The Kier molecular flexibility index (Phi) is 4.54. The summed E-state index contributed by atoms with van der Waals surface area (Å²) >= 11 is 0. The molecular weight excluding hydrogens is 420 g/mol. The van der Waals surface area contributed by atoms with Crippen LogP contribution in [0.15, 0.2) is 48.9 Å². The van der Waals surface area contributed by atoms with Crippen molar-refractivity contribution in [1.82, 2.24) is 24.8 Å². The van der Waals surface area contributed by atoms with Crippen LogP contribution in [0.5, 0.6) is 0 Å². The molecule has 3 aromatic heterocycles. The van der Waals surface area contributed by atoms with Crippen LogP contribution in [0.1, 0.15) is 36.0 Å². The lowest BCUT2D eigenvalue weighted by Gasteiger charge is -2.34. The lowest BCUT2D eigenvalue weighted by atomic mass is 9.80. The van der Waals surface area contributed by atoms with Gasteiger partial charge in [-0.05, 0) is 43.2 Å². The zero-order valence-electron chi connectivity index (χ0n) is 16.9. The minimum Gasteiger partial charge on any atom is -0.323 e. The summed E-state index contributed by atoms with van der Waals surface area (Å²) in [4.78, 5) is 47.4. The summed E-state index contributed by atoms with van der Waals surface area (Å²) in [7, 11) is 0. The fourth-order valence-corrected chi connectivity index (χ4v) is 4.28. The SMILES string of the molecule is O=C(CN1C(=O)NC2(CCC(F)(F)CC2)C1=O)c1ccc(-n2ccc3cccnc32)nc1. The second-order valence-corrected chi connectivity index (χ2v) is 8.19. The third-order valence-corrected chi connectivity index (χ3v) is 6.15. The average molecular weight is 439 g/mol. The van der Waals surface area contributed by atoms with Crippen LogP contribution in [0.25, 0.3) is 16.9 Å². The number of alkyl halides is 2. The van der Waals surface area contributed by atoms with Crippen molar-refractivity contribution in [3.8, 4) is 5.82 Å². The molecule has 2 aliphatic rings. The molecule has 4 heterocycles. The minimum absolute atomic E-state index is 0.148. The third-order valence-electron chi connectivity index (χ3n) is 6.15. The monoisotopic (exact) mass is 439 g/mol. The Bertz CT molecular complexity index is 1230. The van der Waals surface area contributed by atoms with Crippen LogP contribution in [0.4, 0.5) is 13.6 Å². The molecule has 0 radical (unpaired) electrons. The van der Waals surface area contributed by atoms with Crippen molar-refractivity contribution >= 4 is 28.8 Å². The Hall–Kier alpha value is -3.69. The van der Waals surface area contributed by atoms with E-state index in [1.54, 1.807) is 22.9 Å². The summed E-state index contributed by atoms with van der Waals surface area (Å²) in [5.41, 5.74) is -0.388. The summed E-state index contributed by atoms with van der Waals surface area (Å²) in [6, 6.07) is 8.14. The van der Waals surface area contributed by atoms with Crippen molar-refractivity contribution in [2.45, 2.75) is 37.1 Å². The Labute approximate surface area is 181 Å². The number of pyridine rings is 2. The van der Waals surface area contributed by atoms with Crippen molar-refractivity contribution in [1.29, 1.82) is 0 Å². The largest absolute Gasteiger partial charge is 0.325 e. The molecule has 10 heteroatoms. The molecular formula is C22H19F2N5O3. The maximum Gasteiger partial charge on any atom is 0.325 e. The number of aromatic nitrogens is 3. The van der Waals surface area contributed by atoms with Gasteiger partial charge in [0.25, 0.3) is 5.91 Å². The molecule has 1 saturated heterocycles. The van der Waals surface area contributed by atoms with Gasteiger partial charge in [0.05, 0.1) is 6.54 Å². The first kappa shape index (κ1) is 20.2. The van der Waals surface area contributed by atoms with E-state index >= 15 is 0 Å². The number of hydrogen-bond donors (Lipinski definition) is 1. The van der Waals surface area contributed by atoms with Gasteiger partial charge in [0.2, 0.25) is 5.92 Å². The first-order valence-electron chi connectivity index (χ1n) is 10.2. The number of urea groups is 1. The van der Waals surface area contributed by atoms with Crippen molar-refractivity contribution < 1.29 is 23.2 Å². The molecule has 0 bridgehead atoms. The zero-order chi connectivity index (χ0) is 22.5. The van der Waals surface area contributed by atoms with Gasteiger partial charge >= 0.3 is 6.03 Å². The summed E-state index contributed by atoms with van der Waals surface area (Å²) < 4.78 is 28.8. The van der Waals surface area contributed by atoms with Crippen LogP contribution in [-0.2, 0) is 4.79 Å². The van der Waals surface area contributed by atoms with Crippen LogP contribution in [0.2, 0.25) is 0 Å². The highest BCUT2D eigenvalue weighted by atomic mass is 19.3. The van der Waals surface area contributed by atoms with Crippen LogP contribution in [0, 0.1) is 0 Å². The maximum absolute atomic E-state index is 13.5. The molecule has 164 valence electrons. The predicted molar refractivity (Wildman–Crippen MR) is 110 cm³/mol. The highest BCUT2D eigenvalue weighted by Gasteiger charge is 2.55. The van der Waals surface area contributed by atoms with E-state index < -0.39 is 48.6 Å². The lowest BCUT2D eigenvalue weighted by Crippen LogP contribution is -2.51. The van der Waals surface area contributed by atoms with Gasteiger partial charge in [0.1, 0.15) is 17.0 Å². The fraction of sp³-hybridized carbons (Fsp3) is 0.318. The average Bonchev–Trinajstić information content (AvgIpc) is 3.31. The minimum atomic E-state index is -2.84. The Morgan fingerprint density at radius 2 is 1.84 bits per heavy atom. The Morgan fingerprint density at radius 1 is 1.06 bits per heavy atom. The third kappa shape index (κ3) is 3.31. The molecule has 1 N–H and O–H groups in total. The molecule has 3 amide bonds. The molecule has 3 aromatic rings. The molecule has 1 saturated carbocycles. The van der Waals surface area contributed by atoms with Crippen LogP contribution in [0.3, 0.4) is 0 Å².